The van der Waals surface area contributed by atoms with Gasteiger partial charge < -0.3 is 10.6 Å². The van der Waals surface area contributed by atoms with Gasteiger partial charge in [0, 0.05) is 17.8 Å². The van der Waals surface area contributed by atoms with Crippen LogP contribution in [0, 0.1) is 5.82 Å². The first kappa shape index (κ1) is 15.0. The minimum Gasteiger partial charge on any atom is -0.334 e. The molecule has 3 nitrogen and oxygen atoms in total. The Labute approximate surface area is 124 Å². The quantitative estimate of drug-likeness (QED) is 0.865. The maximum Gasteiger partial charge on any atom is 0.319 e. The SMILES string of the molecule is CC(C)c1ccc(NC(=O)NCc2ccccc2F)cc1. The molecule has 4 heteroatoms. The normalized spacial score (nSPS) is 10.5. The third-order valence-corrected chi connectivity index (χ3v) is 3.23. The predicted molar refractivity (Wildman–Crippen MR) is 82.8 cm³/mol. The molecule has 0 saturated heterocycles. The predicted octanol–water partition coefficient (Wildman–Crippen LogP) is 4.27. The number of carbonyl (C=O) groups is 1. The topological polar surface area (TPSA) is 41.1 Å². The summed E-state index contributed by atoms with van der Waals surface area (Å²) in [7, 11) is 0. The zero-order valence-electron chi connectivity index (χ0n) is 12.2. The van der Waals surface area contributed by atoms with E-state index in [2.05, 4.69) is 24.5 Å². The second kappa shape index (κ2) is 6.88. The molecule has 0 unspecified atom stereocenters. The number of hydrogen-bond donors (Lipinski definition) is 2. The molecule has 0 atom stereocenters. The highest BCUT2D eigenvalue weighted by Gasteiger charge is 2.05. The van der Waals surface area contributed by atoms with Crippen LogP contribution in [-0.2, 0) is 6.54 Å². The van der Waals surface area contributed by atoms with Gasteiger partial charge in [-0.05, 0) is 29.7 Å². The third kappa shape index (κ3) is 4.31. The van der Waals surface area contributed by atoms with Crippen molar-refractivity contribution in [2.24, 2.45) is 0 Å². The number of hydrogen-bond acceptors (Lipinski definition) is 1. The third-order valence-electron chi connectivity index (χ3n) is 3.23. The Morgan fingerprint density at radius 2 is 1.76 bits per heavy atom. The molecule has 21 heavy (non-hydrogen) atoms. The lowest BCUT2D eigenvalue weighted by Crippen LogP contribution is -2.28. The Morgan fingerprint density at radius 3 is 2.38 bits per heavy atom. The average Bonchev–Trinajstić information content (AvgIpc) is 2.47. The maximum absolute atomic E-state index is 13.4. The number of benzene rings is 2. The Kier molecular flexibility index (Phi) is 4.93. The first-order valence-corrected chi connectivity index (χ1v) is 6.94. The molecule has 0 saturated carbocycles. The van der Waals surface area contributed by atoms with Crippen molar-refractivity contribution in [3.8, 4) is 0 Å². The second-order valence-electron chi connectivity index (χ2n) is 5.18. The molecular formula is C17H19FN2O. The van der Waals surface area contributed by atoms with E-state index in [0.29, 0.717) is 17.2 Å². The number of carbonyl (C=O) groups excluding carboxylic acids is 1. The van der Waals surface area contributed by atoms with E-state index in [0.717, 1.165) is 0 Å². The zero-order valence-corrected chi connectivity index (χ0v) is 12.2. The molecule has 0 aliphatic carbocycles. The molecule has 2 rings (SSSR count). The fraction of sp³-hybridized carbons (Fsp3) is 0.235. The van der Waals surface area contributed by atoms with Crippen molar-refractivity contribution in [1.29, 1.82) is 0 Å². The van der Waals surface area contributed by atoms with Crippen LogP contribution in [0.3, 0.4) is 0 Å². The molecule has 110 valence electrons. The van der Waals surface area contributed by atoms with Crippen molar-refractivity contribution >= 4 is 11.7 Å². The van der Waals surface area contributed by atoms with Gasteiger partial charge in [-0.3, -0.25) is 0 Å². The van der Waals surface area contributed by atoms with Crippen molar-refractivity contribution < 1.29 is 9.18 Å². The summed E-state index contributed by atoms with van der Waals surface area (Å²) in [5.74, 6) is 0.132. The lowest BCUT2D eigenvalue weighted by Gasteiger charge is -2.10. The minimum atomic E-state index is -0.351. The van der Waals surface area contributed by atoms with Crippen LogP contribution in [0.15, 0.2) is 48.5 Å². The highest BCUT2D eigenvalue weighted by Crippen LogP contribution is 2.17. The molecule has 2 amide bonds. The Morgan fingerprint density at radius 1 is 1.10 bits per heavy atom. The molecule has 0 radical (unpaired) electrons. The van der Waals surface area contributed by atoms with Crippen LogP contribution in [0.25, 0.3) is 0 Å². The highest BCUT2D eigenvalue weighted by molar-refractivity contribution is 5.89. The fourth-order valence-corrected chi connectivity index (χ4v) is 1.94. The van der Waals surface area contributed by atoms with Crippen molar-refractivity contribution in [3.63, 3.8) is 0 Å². The number of amides is 2. The summed E-state index contributed by atoms with van der Waals surface area (Å²) < 4.78 is 13.4. The van der Waals surface area contributed by atoms with Gasteiger partial charge in [-0.15, -0.1) is 0 Å². The van der Waals surface area contributed by atoms with E-state index in [-0.39, 0.29) is 18.4 Å². The number of urea groups is 1. The van der Waals surface area contributed by atoms with Gasteiger partial charge in [0.05, 0.1) is 0 Å². The van der Waals surface area contributed by atoms with Crippen molar-refractivity contribution in [3.05, 3.63) is 65.5 Å². The first-order valence-electron chi connectivity index (χ1n) is 6.94. The highest BCUT2D eigenvalue weighted by atomic mass is 19.1. The van der Waals surface area contributed by atoms with E-state index in [4.69, 9.17) is 0 Å². The lowest BCUT2D eigenvalue weighted by atomic mass is 10.0. The standard InChI is InChI=1S/C17H19FN2O/c1-12(2)13-7-9-15(10-8-13)20-17(21)19-11-14-5-3-4-6-16(14)18/h3-10,12H,11H2,1-2H3,(H2,19,20,21). The van der Waals surface area contributed by atoms with Gasteiger partial charge in [-0.25, -0.2) is 9.18 Å². The van der Waals surface area contributed by atoms with Crippen LogP contribution in [0.2, 0.25) is 0 Å². The summed E-state index contributed by atoms with van der Waals surface area (Å²) in [4.78, 5) is 11.8. The monoisotopic (exact) mass is 286 g/mol. The summed E-state index contributed by atoms with van der Waals surface area (Å²) in [5.41, 5.74) is 2.39. The molecule has 2 N–H and O–H groups in total. The van der Waals surface area contributed by atoms with Crippen molar-refractivity contribution in [2.45, 2.75) is 26.3 Å². The minimum absolute atomic E-state index is 0.155. The van der Waals surface area contributed by atoms with Crippen molar-refractivity contribution in [2.75, 3.05) is 5.32 Å². The van der Waals surface area contributed by atoms with E-state index in [1.54, 1.807) is 18.2 Å². The number of nitrogens with one attached hydrogen (secondary N) is 2. The molecule has 0 spiro atoms. The average molecular weight is 286 g/mol. The Hall–Kier alpha value is -2.36. The Bertz CT molecular complexity index is 608. The van der Waals surface area contributed by atoms with Gasteiger partial charge in [-0.2, -0.15) is 0 Å². The summed E-state index contributed by atoms with van der Waals surface area (Å²) in [6, 6.07) is 13.7. The van der Waals surface area contributed by atoms with Gasteiger partial charge >= 0.3 is 6.03 Å². The van der Waals surface area contributed by atoms with Crippen molar-refractivity contribution in [1.82, 2.24) is 5.32 Å². The largest absolute Gasteiger partial charge is 0.334 e. The van der Waals surface area contributed by atoms with Gasteiger partial charge in [-0.1, -0.05) is 44.2 Å². The first-order chi connectivity index (χ1) is 10.1. The number of rotatable bonds is 4. The molecule has 0 aromatic heterocycles. The van der Waals surface area contributed by atoms with Gasteiger partial charge in [0.25, 0.3) is 0 Å². The summed E-state index contributed by atoms with van der Waals surface area (Å²) >= 11 is 0. The van der Waals surface area contributed by atoms with Crippen LogP contribution in [0.1, 0.15) is 30.9 Å². The van der Waals surface area contributed by atoms with Crippen LogP contribution in [0.4, 0.5) is 14.9 Å². The van der Waals surface area contributed by atoms with Gasteiger partial charge in [0.1, 0.15) is 5.82 Å². The number of halogens is 1. The smallest absolute Gasteiger partial charge is 0.319 e. The summed E-state index contributed by atoms with van der Waals surface area (Å²) in [6.45, 7) is 4.38. The Balaban J connectivity index is 1.88. The fourth-order valence-electron chi connectivity index (χ4n) is 1.94. The van der Waals surface area contributed by atoms with E-state index >= 15 is 0 Å². The van der Waals surface area contributed by atoms with Crippen LogP contribution >= 0.6 is 0 Å². The van der Waals surface area contributed by atoms with E-state index in [9.17, 15) is 9.18 Å². The van der Waals surface area contributed by atoms with Gasteiger partial charge in [0.2, 0.25) is 0 Å². The molecular weight excluding hydrogens is 267 g/mol. The molecule has 0 bridgehead atoms. The molecule has 0 aliphatic heterocycles. The molecule has 2 aromatic carbocycles. The maximum atomic E-state index is 13.4. The van der Waals surface area contributed by atoms with Gasteiger partial charge in [0.15, 0.2) is 0 Å². The van der Waals surface area contributed by atoms with E-state index < -0.39 is 0 Å². The summed E-state index contributed by atoms with van der Waals surface area (Å²) in [5, 5.41) is 5.36. The molecule has 0 fully saturated rings. The van der Waals surface area contributed by atoms with Crippen LogP contribution < -0.4 is 10.6 Å². The lowest BCUT2D eigenvalue weighted by molar-refractivity contribution is 0.251. The van der Waals surface area contributed by atoms with Crippen LogP contribution in [-0.4, -0.2) is 6.03 Å². The molecule has 0 heterocycles. The zero-order chi connectivity index (χ0) is 15.2. The molecule has 2 aromatic rings. The summed E-state index contributed by atoms with van der Waals surface area (Å²) in [6.07, 6.45) is 0. The number of anilines is 1. The molecule has 0 aliphatic rings. The van der Waals surface area contributed by atoms with Crippen LogP contribution in [0.5, 0.6) is 0 Å². The second-order valence-corrected chi connectivity index (χ2v) is 5.18. The van der Waals surface area contributed by atoms with E-state index in [1.165, 1.54) is 11.6 Å². The van der Waals surface area contributed by atoms with E-state index in [1.807, 2.05) is 24.3 Å².